The molecule has 3 nitrogen and oxygen atoms in total. The van der Waals surface area contributed by atoms with Gasteiger partial charge in [-0.1, -0.05) is 60.1 Å². The second-order valence-electron chi connectivity index (χ2n) is 5.17. The lowest BCUT2D eigenvalue weighted by Crippen LogP contribution is -2.20. The molecule has 118 valence electrons. The fraction of sp³-hybridized carbons (Fsp3) is 0.167. The maximum Gasteiger partial charge on any atom is 0.348 e. The summed E-state index contributed by atoms with van der Waals surface area (Å²) in [5.41, 5.74) is 1.79. The lowest BCUT2D eigenvalue weighted by Gasteiger charge is -2.25. The standard InChI is InChI=1S/C18H15ClO3S/c19-14-9-5-4-8-13(14)16-10-15(20)17(18(21)22-16)23-11-12-6-2-1-3-7-12/h1-9,16,20H,10-11H2. The van der Waals surface area contributed by atoms with Gasteiger partial charge in [-0.2, -0.15) is 0 Å². The third kappa shape index (κ3) is 3.71. The van der Waals surface area contributed by atoms with E-state index in [0.29, 0.717) is 16.3 Å². The molecule has 1 unspecified atom stereocenters. The van der Waals surface area contributed by atoms with Gasteiger partial charge in [0, 0.05) is 22.8 Å². The number of rotatable bonds is 4. The number of ether oxygens (including phenoxy) is 1. The highest BCUT2D eigenvalue weighted by Crippen LogP contribution is 2.38. The molecule has 0 aliphatic carbocycles. The van der Waals surface area contributed by atoms with E-state index in [1.807, 2.05) is 42.5 Å². The molecule has 1 N–H and O–H groups in total. The molecule has 5 heteroatoms. The predicted octanol–water partition coefficient (Wildman–Crippen LogP) is 5.03. The zero-order valence-electron chi connectivity index (χ0n) is 12.2. The minimum Gasteiger partial charge on any atom is -0.511 e. The molecule has 2 aromatic carbocycles. The third-order valence-electron chi connectivity index (χ3n) is 3.55. The molecule has 1 heterocycles. The Morgan fingerprint density at radius 1 is 1.13 bits per heavy atom. The minimum atomic E-state index is -0.544. The Kier molecular flexibility index (Phi) is 4.94. The number of hydrogen-bond donors (Lipinski definition) is 1. The van der Waals surface area contributed by atoms with Crippen LogP contribution in [0.5, 0.6) is 0 Å². The van der Waals surface area contributed by atoms with Crippen molar-refractivity contribution in [1.82, 2.24) is 0 Å². The summed E-state index contributed by atoms with van der Waals surface area (Å²) in [5.74, 6) is 0.165. The van der Waals surface area contributed by atoms with Crippen LogP contribution in [-0.2, 0) is 15.3 Å². The molecular formula is C18H15ClO3S. The van der Waals surface area contributed by atoms with Crippen LogP contribution in [0.15, 0.2) is 65.3 Å². The average Bonchev–Trinajstić information content (AvgIpc) is 2.55. The molecule has 0 aromatic heterocycles. The van der Waals surface area contributed by atoms with Crippen LogP contribution >= 0.6 is 23.4 Å². The predicted molar refractivity (Wildman–Crippen MR) is 92.3 cm³/mol. The van der Waals surface area contributed by atoms with E-state index in [2.05, 4.69) is 0 Å². The first-order valence-electron chi connectivity index (χ1n) is 7.19. The van der Waals surface area contributed by atoms with Crippen molar-refractivity contribution < 1.29 is 14.6 Å². The lowest BCUT2D eigenvalue weighted by atomic mass is 10.0. The molecular weight excluding hydrogens is 332 g/mol. The van der Waals surface area contributed by atoms with Crippen molar-refractivity contribution in [2.24, 2.45) is 0 Å². The Morgan fingerprint density at radius 3 is 2.52 bits per heavy atom. The van der Waals surface area contributed by atoms with Crippen molar-refractivity contribution in [1.29, 1.82) is 0 Å². The van der Waals surface area contributed by atoms with Gasteiger partial charge in [-0.15, -0.1) is 11.8 Å². The van der Waals surface area contributed by atoms with E-state index in [4.69, 9.17) is 16.3 Å². The summed E-state index contributed by atoms with van der Waals surface area (Å²) >= 11 is 7.43. The number of thioether (sulfide) groups is 1. The summed E-state index contributed by atoms with van der Waals surface area (Å²) in [7, 11) is 0. The van der Waals surface area contributed by atoms with Gasteiger partial charge in [-0.3, -0.25) is 0 Å². The lowest BCUT2D eigenvalue weighted by molar-refractivity contribution is -0.146. The van der Waals surface area contributed by atoms with Crippen LogP contribution in [0.25, 0.3) is 0 Å². The number of benzene rings is 2. The van der Waals surface area contributed by atoms with Crippen molar-refractivity contribution >= 4 is 29.3 Å². The van der Waals surface area contributed by atoms with E-state index in [1.165, 1.54) is 11.8 Å². The Labute approximate surface area is 143 Å². The molecule has 0 radical (unpaired) electrons. The Morgan fingerprint density at radius 2 is 1.83 bits per heavy atom. The molecule has 0 spiro atoms. The van der Waals surface area contributed by atoms with Crippen molar-refractivity contribution in [3.05, 3.63) is 81.4 Å². The Bertz CT molecular complexity index is 743. The molecule has 0 bridgehead atoms. The summed E-state index contributed by atoms with van der Waals surface area (Å²) < 4.78 is 5.46. The number of hydrogen-bond acceptors (Lipinski definition) is 4. The first-order chi connectivity index (χ1) is 11.1. The smallest absolute Gasteiger partial charge is 0.348 e. The average molecular weight is 347 g/mol. The van der Waals surface area contributed by atoms with E-state index in [9.17, 15) is 9.90 Å². The topological polar surface area (TPSA) is 46.5 Å². The molecule has 0 saturated carbocycles. The molecule has 1 aliphatic rings. The molecule has 0 saturated heterocycles. The van der Waals surface area contributed by atoms with Crippen LogP contribution in [-0.4, -0.2) is 11.1 Å². The molecule has 2 aromatic rings. The zero-order valence-corrected chi connectivity index (χ0v) is 13.8. The molecule has 0 amide bonds. The molecule has 0 fully saturated rings. The summed E-state index contributed by atoms with van der Waals surface area (Å²) in [6.45, 7) is 0. The third-order valence-corrected chi connectivity index (χ3v) is 5.07. The van der Waals surface area contributed by atoms with Gasteiger partial charge in [0.1, 0.15) is 16.8 Å². The highest BCUT2D eigenvalue weighted by molar-refractivity contribution is 8.03. The number of carbonyl (C=O) groups is 1. The van der Waals surface area contributed by atoms with Crippen molar-refractivity contribution in [3.8, 4) is 0 Å². The Balaban J connectivity index is 1.74. The van der Waals surface area contributed by atoms with Gasteiger partial charge >= 0.3 is 5.97 Å². The van der Waals surface area contributed by atoms with E-state index in [-0.39, 0.29) is 17.1 Å². The van der Waals surface area contributed by atoms with Gasteiger partial charge in [0.2, 0.25) is 0 Å². The molecule has 1 aliphatic heterocycles. The van der Waals surface area contributed by atoms with Gasteiger partial charge < -0.3 is 9.84 Å². The molecule has 3 rings (SSSR count). The van der Waals surface area contributed by atoms with Crippen LogP contribution in [0.3, 0.4) is 0 Å². The van der Waals surface area contributed by atoms with E-state index in [1.54, 1.807) is 12.1 Å². The summed E-state index contributed by atoms with van der Waals surface area (Å²) in [5, 5.41) is 10.8. The zero-order chi connectivity index (χ0) is 16.2. The number of carbonyl (C=O) groups excluding carboxylic acids is 1. The van der Waals surface area contributed by atoms with Gasteiger partial charge in [-0.05, 0) is 11.6 Å². The summed E-state index contributed by atoms with van der Waals surface area (Å²) in [6, 6.07) is 17.0. The van der Waals surface area contributed by atoms with Crippen LogP contribution in [0.4, 0.5) is 0 Å². The molecule has 1 atom stereocenters. The SMILES string of the molecule is O=C1OC(c2ccccc2Cl)CC(O)=C1SCc1ccccc1. The quantitative estimate of drug-likeness (QED) is 0.788. The van der Waals surface area contributed by atoms with Crippen molar-refractivity contribution in [2.45, 2.75) is 18.3 Å². The fourth-order valence-corrected chi connectivity index (χ4v) is 3.57. The fourth-order valence-electron chi connectivity index (χ4n) is 2.39. The number of halogens is 1. The van der Waals surface area contributed by atoms with Crippen molar-refractivity contribution in [2.75, 3.05) is 0 Å². The maximum atomic E-state index is 12.2. The van der Waals surface area contributed by atoms with Crippen LogP contribution in [0.2, 0.25) is 5.02 Å². The monoisotopic (exact) mass is 346 g/mol. The van der Waals surface area contributed by atoms with Crippen LogP contribution in [0, 0.1) is 0 Å². The number of aliphatic hydroxyl groups excluding tert-OH is 1. The highest BCUT2D eigenvalue weighted by Gasteiger charge is 2.31. The number of cyclic esters (lactones) is 1. The van der Waals surface area contributed by atoms with Crippen molar-refractivity contribution in [3.63, 3.8) is 0 Å². The largest absolute Gasteiger partial charge is 0.511 e. The van der Waals surface area contributed by atoms with Gasteiger partial charge in [0.15, 0.2) is 0 Å². The van der Waals surface area contributed by atoms with Crippen LogP contribution < -0.4 is 0 Å². The summed E-state index contributed by atoms with van der Waals surface area (Å²) in [4.78, 5) is 12.5. The van der Waals surface area contributed by atoms with E-state index < -0.39 is 12.1 Å². The van der Waals surface area contributed by atoms with Gasteiger partial charge in [0.25, 0.3) is 0 Å². The number of esters is 1. The second kappa shape index (κ2) is 7.11. The Hall–Kier alpha value is -1.91. The molecule has 23 heavy (non-hydrogen) atoms. The van der Waals surface area contributed by atoms with E-state index in [0.717, 1.165) is 5.56 Å². The second-order valence-corrected chi connectivity index (χ2v) is 6.56. The van der Waals surface area contributed by atoms with E-state index >= 15 is 0 Å². The first kappa shape index (κ1) is 16.0. The first-order valence-corrected chi connectivity index (χ1v) is 8.55. The highest BCUT2D eigenvalue weighted by atomic mass is 35.5. The van der Waals surface area contributed by atoms with Crippen LogP contribution in [0.1, 0.15) is 23.7 Å². The summed E-state index contributed by atoms with van der Waals surface area (Å²) in [6.07, 6.45) is -0.302. The van der Waals surface area contributed by atoms with Gasteiger partial charge in [0.05, 0.1) is 0 Å². The minimum absolute atomic E-state index is 0.0621. The normalized spacial score (nSPS) is 18.0. The maximum absolute atomic E-state index is 12.2. The van der Waals surface area contributed by atoms with Gasteiger partial charge in [-0.25, -0.2) is 4.79 Å². The number of aliphatic hydroxyl groups is 1.